The molecule has 0 saturated heterocycles. The van der Waals surface area contributed by atoms with Crippen LogP contribution < -0.4 is 9.47 Å². The van der Waals surface area contributed by atoms with E-state index in [2.05, 4.69) is 13.0 Å². The van der Waals surface area contributed by atoms with Crippen molar-refractivity contribution in [2.24, 2.45) is 11.8 Å². The van der Waals surface area contributed by atoms with Gasteiger partial charge in [0, 0.05) is 21.5 Å². The van der Waals surface area contributed by atoms with Crippen molar-refractivity contribution in [3.63, 3.8) is 0 Å². The Kier molecular flexibility index (Phi) is 9.35. The summed E-state index contributed by atoms with van der Waals surface area (Å²) in [6, 6.07) is 13.7. The van der Waals surface area contributed by atoms with Gasteiger partial charge in [0.15, 0.2) is 13.2 Å². The fourth-order valence-electron chi connectivity index (χ4n) is 3.86. The Morgan fingerprint density at radius 1 is 0.714 bits per heavy atom. The van der Waals surface area contributed by atoms with Crippen molar-refractivity contribution < 1.29 is 28.5 Å². The molecular weight excluding hydrogens is 444 g/mol. The summed E-state index contributed by atoms with van der Waals surface area (Å²) in [6.45, 7) is 10.4. The zero-order chi connectivity index (χ0) is 25.4. The Hall–Kier alpha value is -3.28. The van der Waals surface area contributed by atoms with E-state index in [-0.39, 0.29) is 25.0 Å². The van der Waals surface area contributed by atoms with Crippen LogP contribution in [0.4, 0.5) is 0 Å². The van der Waals surface area contributed by atoms with Crippen molar-refractivity contribution in [2.75, 3.05) is 26.4 Å². The molecule has 0 aliphatic rings. The molecular formula is C29H36O6. The van der Waals surface area contributed by atoms with Crippen LogP contribution in [0.15, 0.2) is 42.5 Å². The van der Waals surface area contributed by atoms with Crippen LogP contribution in [0.2, 0.25) is 0 Å². The van der Waals surface area contributed by atoms with Gasteiger partial charge in [0.2, 0.25) is 0 Å². The van der Waals surface area contributed by atoms with E-state index in [1.54, 1.807) is 0 Å². The highest BCUT2D eigenvalue weighted by Crippen LogP contribution is 2.44. The number of benzene rings is 3. The number of esters is 2. The summed E-state index contributed by atoms with van der Waals surface area (Å²) in [4.78, 5) is 24.6. The molecule has 3 aromatic rings. The first-order chi connectivity index (χ1) is 16.8. The molecule has 188 valence electrons. The Morgan fingerprint density at radius 3 is 1.77 bits per heavy atom. The van der Waals surface area contributed by atoms with Crippen LogP contribution in [0.25, 0.3) is 21.5 Å². The summed E-state index contributed by atoms with van der Waals surface area (Å²) in [6.07, 6.45) is 1.78. The molecule has 3 rings (SSSR count). The van der Waals surface area contributed by atoms with Crippen LogP contribution in [-0.4, -0.2) is 38.4 Å². The van der Waals surface area contributed by atoms with E-state index in [0.29, 0.717) is 24.7 Å². The van der Waals surface area contributed by atoms with Gasteiger partial charge in [-0.1, -0.05) is 83.5 Å². The second-order valence-electron chi connectivity index (χ2n) is 9.52. The van der Waals surface area contributed by atoms with Gasteiger partial charge in [0.1, 0.15) is 11.5 Å². The lowest BCUT2D eigenvalue weighted by Crippen LogP contribution is -2.18. The summed E-state index contributed by atoms with van der Waals surface area (Å²) in [7, 11) is 0. The number of rotatable bonds is 12. The predicted molar refractivity (Wildman–Crippen MR) is 138 cm³/mol. The summed E-state index contributed by atoms with van der Waals surface area (Å²) in [5.74, 6) is 0.910. The van der Waals surface area contributed by atoms with Crippen LogP contribution >= 0.6 is 0 Å². The highest BCUT2D eigenvalue weighted by molar-refractivity contribution is 6.12. The lowest BCUT2D eigenvalue weighted by Gasteiger charge is -2.19. The van der Waals surface area contributed by atoms with Gasteiger partial charge in [-0.3, -0.25) is 0 Å². The van der Waals surface area contributed by atoms with Gasteiger partial charge in [-0.2, -0.15) is 0 Å². The van der Waals surface area contributed by atoms with Gasteiger partial charge in [0.25, 0.3) is 0 Å². The minimum Gasteiger partial charge on any atom is -0.481 e. The van der Waals surface area contributed by atoms with Crippen molar-refractivity contribution in [3.05, 3.63) is 48.0 Å². The lowest BCUT2D eigenvalue weighted by molar-refractivity contribution is -0.147. The first kappa shape index (κ1) is 26.3. The van der Waals surface area contributed by atoms with Gasteiger partial charge in [-0.25, -0.2) is 9.59 Å². The molecule has 0 heterocycles. The fraction of sp³-hybridized carbons (Fsp3) is 0.448. The molecule has 6 nitrogen and oxygen atoms in total. The molecule has 0 unspecified atom stereocenters. The molecule has 0 amide bonds. The van der Waals surface area contributed by atoms with Crippen molar-refractivity contribution >= 4 is 33.5 Å². The second-order valence-corrected chi connectivity index (χ2v) is 9.52. The van der Waals surface area contributed by atoms with Gasteiger partial charge in [-0.05, 0) is 23.8 Å². The normalized spacial score (nSPS) is 11.3. The highest BCUT2D eigenvalue weighted by atomic mass is 16.6. The van der Waals surface area contributed by atoms with Crippen LogP contribution in [0.1, 0.15) is 46.6 Å². The maximum absolute atomic E-state index is 12.3. The van der Waals surface area contributed by atoms with Crippen molar-refractivity contribution in [3.8, 4) is 11.5 Å². The number of carbonyl (C=O) groups excluding carboxylic acids is 2. The van der Waals surface area contributed by atoms with Crippen LogP contribution in [-0.2, 0) is 25.5 Å². The summed E-state index contributed by atoms with van der Waals surface area (Å²) < 4.78 is 22.8. The van der Waals surface area contributed by atoms with E-state index in [0.717, 1.165) is 39.9 Å². The fourth-order valence-corrected chi connectivity index (χ4v) is 3.86. The predicted octanol–water partition coefficient (Wildman–Crippen LogP) is 6.10. The second kappa shape index (κ2) is 12.4. The molecule has 0 aromatic heterocycles. The molecule has 0 radical (unpaired) electrons. The zero-order valence-electron chi connectivity index (χ0n) is 21.4. The van der Waals surface area contributed by atoms with E-state index in [1.807, 2.05) is 64.1 Å². The smallest absolute Gasteiger partial charge is 0.344 e. The molecule has 35 heavy (non-hydrogen) atoms. The summed E-state index contributed by atoms with van der Waals surface area (Å²) in [5, 5.41) is 3.33. The van der Waals surface area contributed by atoms with Gasteiger partial charge < -0.3 is 18.9 Å². The third kappa shape index (κ3) is 6.87. The van der Waals surface area contributed by atoms with Gasteiger partial charge in [-0.15, -0.1) is 0 Å². The quantitative estimate of drug-likeness (QED) is 0.230. The topological polar surface area (TPSA) is 71.1 Å². The molecule has 0 spiro atoms. The minimum absolute atomic E-state index is 0.187. The Bertz CT molecular complexity index is 1160. The number of carbonyl (C=O) groups is 2. The number of aryl methyl sites for hydroxylation is 1. The standard InChI is InChI=1S/C29H36O6/c1-6-10-21-11-9-14-24-27(21)29(35-18-26(31)33-16-20(4)5)23-13-8-7-12-22(23)28(24)34-17-25(30)32-15-19(2)3/h7-9,11-14,19-20H,6,10,15-18H2,1-5H3. The maximum atomic E-state index is 12.3. The molecule has 0 atom stereocenters. The van der Waals surface area contributed by atoms with E-state index in [4.69, 9.17) is 18.9 Å². The minimum atomic E-state index is -0.408. The summed E-state index contributed by atoms with van der Waals surface area (Å²) in [5.41, 5.74) is 1.09. The number of fused-ring (bicyclic) bond motifs is 2. The van der Waals surface area contributed by atoms with E-state index in [1.165, 1.54) is 0 Å². The Labute approximate surface area is 207 Å². The first-order valence-corrected chi connectivity index (χ1v) is 12.3. The summed E-state index contributed by atoms with van der Waals surface area (Å²) >= 11 is 0. The monoisotopic (exact) mass is 480 g/mol. The molecule has 6 heteroatoms. The zero-order valence-corrected chi connectivity index (χ0v) is 21.4. The average molecular weight is 481 g/mol. The third-order valence-electron chi connectivity index (χ3n) is 5.38. The van der Waals surface area contributed by atoms with E-state index >= 15 is 0 Å². The average Bonchev–Trinajstić information content (AvgIpc) is 2.83. The Morgan fingerprint density at radius 2 is 1.23 bits per heavy atom. The molecule has 0 bridgehead atoms. The van der Waals surface area contributed by atoms with Crippen molar-refractivity contribution in [1.82, 2.24) is 0 Å². The SMILES string of the molecule is CCCc1cccc2c(OCC(=O)OCC(C)C)c3ccccc3c(OCC(=O)OCC(C)C)c12. The molecule has 0 fully saturated rings. The van der Waals surface area contributed by atoms with Crippen molar-refractivity contribution in [1.29, 1.82) is 0 Å². The molecule has 3 aromatic carbocycles. The molecule has 0 saturated carbocycles. The lowest BCUT2D eigenvalue weighted by atomic mass is 9.95. The van der Waals surface area contributed by atoms with E-state index < -0.39 is 11.9 Å². The molecule has 0 N–H and O–H groups in total. The van der Waals surface area contributed by atoms with Crippen molar-refractivity contribution in [2.45, 2.75) is 47.5 Å². The number of ether oxygens (including phenoxy) is 4. The highest BCUT2D eigenvalue weighted by Gasteiger charge is 2.20. The number of hydrogen-bond donors (Lipinski definition) is 0. The molecule has 0 aliphatic carbocycles. The third-order valence-corrected chi connectivity index (χ3v) is 5.38. The van der Waals surface area contributed by atoms with Crippen LogP contribution in [0.3, 0.4) is 0 Å². The van der Waals surface area contributed by atoms with Gasteiger partial charge in [0.05, 0.1) is 13.2 Å². The van der Waals surface area contributed by atoms with Gasteiger partial charge >= 0.3 is 11.9 Å². The largest absolute Gasteiger partial charge is 0.481 e. The Balaban J connectivity index is 2.05. The van der Waals surface area contributed by atoms with Crippen LogP contribution in [0.5, 0.6) is 11.5 Å². The van der Waals surface area contributed by atoms with Crippen LogP contribution in [0, 0.1) is 11.8 Å². The molecule has 0 aliphatic heterocycles. The van der Waals surface area contributed by atoms with E-state index in [9.17, 15) is 9.59 Å². The maximum Gasteiger partial charge on any atom is 0.344 e. The first-order valence-electron chi connectivity index (χ1n) is 12.3. The number of hydrogen-bond acceptors (Lipinski definition) is 6.